The standard InChI is InChI=1S/C15H18N2O3/c1-10-14(18)16-9-5-7-12(16)15(19)17(10)11-6-3-4-8-13(11)20-2/h3-4,6,8,10,12H,5,7,9H2,1-2H3. The van der Waals surface area contributed by atoms with Crippen molar-refractivity contribution in [2.24, 2.45) is 0 Å². The van der Waals surface area contributed by atoms with E-state index >= 15 is 0 Å². The maximum absolute atomic E-state index is 12.7. The van der Waals surface area contributed by atoms with Crippen molar-refractivity contribution in [2.45, 2.75) is 31.8 Å². The van der Waals surface area contributed by atoms with Crippen molar-refractivity contribution in [1.29, 1.82) is 0 Å². The molecular formula is C15H18N2O3. The molecule has 2 aliphatic heterocycles. The summed E-state index contributed by atoms with van der Waals surface area (Å²) in [6.07, 6.45) is 1.65. The first-order valence-electron chi connectivity index (χ1n) is 6.91. The molecule has 2 unspecified atom stereocenters. The maximum Gasteiger partial charge on any atom is 0.250 e. The summed E-state index contributed by atoms with van der Waals surface area (Å²) < 4.78 is 5.32. The summed E-state index contributed by atoms with van der Waals surface area (Å²) in [4.78, 5) is 28.4. The van der Waals surface area contributed by atoms with Gasteiger partial charge in [-0.3, -0.25) is 14.5 Å². The van der Waals surface area contributed by atoms with Gasteiger partial charge in [-0.2, -0.15) is 0 Å². The van der Waals surface area contributed by atoms with Crippen LogP contribution in [0.2, 0.25) is 0 Å². The number of hydrogen-bond acceptors (Lipinski definition) is 3. The minimum absolute atomic E-state index is 0.000833. The number of hydrogen-bond donors (Lipinski definition) is 0. The van der Waals surface area contributed by atoms with Gasteiger partial charge in [0.05, 0.1) is 12.8 Å². The zero-order valence-electron chi connectivity index (χ0n) is 11.7. The lowest BCUT2D eigenvalue weighted by atomic mass is 10.0. The minimum atomic E-state index is -0.479. The first kappa shape index (κ1) is 13.0. The first-order valence-corrected chi connectivity index (χ1v) is 6.91. The Hall–Kier alpha value is -2.04. The van der Waals surface area contributed by atoms with Gasteiger partial charge in [0.15, 0.2) is 0 Å². The number of carbonyl (C=O) groups is 2. The molecule has 5 nitrogen and oxygen atoms in total. The molecule has 2 fully saturated rings. The summed E-state index contributed by atoms with van der Waals surface area (Å²) in [6.45, 7) is 2.47. The molecule has 5 heteroatoms. The van der Waals surface area contributed by atoms with E-state index in [1.807, 2.05) is 18.2 Å². The lowest BCUT2D eigenvalue weighted by Gasteiger charge is -2.41. The molecule has 3 rings (SSSR count). The fourth-order valence-electron chi connectivity index (χ4n) is 3.15. The van der Waals surface area contributed by atoms with Gasteiger partial charge in [-0.15, -0.1) is 0 Å². The molecule has 0 bridgehead atoms. The molecule has 2 heterocycles. The molecule has 2 aliphatic rings. The third-order valence-corrected chi connectivity index (χ3v) is 4.15. The van der Waals surface area contributed by atoms with Crippen LogP contribution in [-0.2, 0) is 9.59 Å². The quantitative estimate of drug-likeness (QED) is 0.819. The number of para-hydroxylation sites is 2. The number of rotatable bonds is 2. The highest BCUT2D eigenvalue weighted by atomic mass is 16.5. The zero-order chi connectivity index (χ0) is 14.3. The smallest absolute Gasteiger partial charge is 0.250 e. The number of nitrogens with zero attached hydrogens (tertiary/aromatic N) is 2. The Morgan fingerprint density at radius 3 is 2.70 bits per heavy atom. The van der Waals surface area contributed by atoms with E-state index in [-0.39, 0.29) is 17.9 Å². The highest BCUT2D eigenvalue weighted by Crippen LogP contribution is 2.35. The Morgan fingerprint density at radius 1 is 1.20 bits per heavy atom. The normalized spacial score (nSPS) is 25.9. The third kappa shape index (κ3) is 1.77. The Labute approximate surface area is 118 Å². The van der Waals surface area contributed by atoms with E-state index in [9.17, 15) is 9.59 Å². The molecule has 0 radical (unpaired) electrons. The van der Waals surface area contributed by atoms with Gasteiger partial charge < -0.3 is 9.64 Å². The summed E-state index contributed by atoms with van der Waals surface area (Å²) in [6, 6.07) is 6.55. The fraction of sp³-hybridized carbons (Fsp3) is 0.467. The first-order chi connectivity index (χ1) is 9.65. The second-order valence-corrected chi connectivity index (χ2v) is 5.25. The van der Waals surface area contributed by atoms with Gasteiger partial charge in [-0.25, -0.2) is 0 Å². The summed E-state index contributed by atoms with van der Waals surface area (Å²) in [5.74, 6) is 0.643. The van der Waals surface area contributed by atoms with Crippen molar-refractivity contribution in [3.63, 3.8) is 0 Å². The molecule has 0 saturated carbocycles. The number of ether oxygens (including phenoxy) is 1. The predicted octanol–water partition coefficient (Wildman–Crippen LogP) is 1.42. The molecule has 1 aromatic carbocycles. The molecule has 0 spiro atoms. The molecule has 20 heavy (non-hydrogen) atoms. The number of fused-ring (bicyclic) bond motifs is 1. The Kier molecular flexibility index (Phi) is 3.12. The highest BCUT2D eigenvalue weighted by Gasteiger charge is 2.47. The van der Waals surface area contributed by atoms with E-state index in [1.165, 1.54) is 0 Å². The number of anilines is 1. The molecule has 1 aromatic rings. The third-order valence-electron chi connectivity index (χ3n) is 4.15. The second-order valence-electron chi connectivity index (χ2n) is 5.25. The van der Waals surface area contributed by atoms with Crippen LogP contribution in [0.4, 0.5) is 5.69 Å². The van der Waals surface area contributed by atoms with Gasteiger partial charge in [0.25, 0.3) is 5.91 Å². The number of carbonyl (C=O) groups excluding carboxylic acids is 2. The molecule has 0 aliphatic carbocycles. The Balaban J connectivity index is 2.03. The van der Waals surface area contributed by atoms with Crippen molar-refractivity contribution in [1.82, 2.24) is 4.90 Å². The summed E-state index contributed by atoms with van der Waals surface area (Å²) in [5, 5.41) is 0. The minimum Gasteiger partial charge on any atom is -0.495 e. The van der Waals surface area contributed by atoms with Crippen molar-refractivity contribution in [2.75, 3.05) is 18.6 Å². The van der Waals surface area contributed by atoms with Crippen molar-refractivity contribution >= 4 is 17.5 Å². The van der Waals surface area contributed by atoms with Gasteiger partial charge >= 0.3 is 0 Å². The van der Waals surface area contributed by atoms with Crippen molar-refractivity contribution in [3.05, 3.63) is 24.3 Å². The Morgan fingerprint density at radius 2 is 1.95 bits per heavy atom. The van der Waals surface area contributed by atoms with E-state index in [1.54, 1.807) is 29.9 Å². The van der Waals surface area contributed by atoms with Gasteiger partial charge in [0.2, 0.25) is 5.91 Å². The molecule has 0 N–H and O–H groups in total. The monoisotopic (exact) mass is 274 g/mol. The number of amides is 2. The van der Waals surface area contributed by atoms with Gasteiger partial charge in [-0.1, -0.05) is 12.1 Å². The predicted molar refractivity (Wildman–Crippen MR) is 74.7 cm³/mol. The van der Waals surface area contributed by atoms with E-state index in [2.05, 4.69) is 0 Å². The lowest BCUT2D eigenvalue weighted by molar-refractivity contribution is -0.143. The maximum atomic E-state index is 12.7. The number of benzene rings is 1. The molecule has 2 amide bonds. The van der Waals surface area contributed by atoms with Crippen LogP contribution < -0.4 is 9.64 Å². The van der Waals surface area contributed by atoms with Crippen LogP contribution in [0.25, 0.3) is 0 Å². The summed E-state index contributed by atoms with van der Waals surface area (Å²) in [5.41, 5.74) is 0.674. The van der Waals surface area contributed by atoms with Gasteiger partial charge in [0, 0.05) is 6.54 Å². The average molecular weight is 274 g/mol. The molecule has 2 saturated heterocycles. The lowest BCUT2D eigenvalue weighted by Crippen LogP contribution is -2.62. The summed E-state index contributed by atoms with van der Waals surface area (Å²) in [7, 11) is 1.57. The van der Waals surface area contributed by atoms with Crippen molar-refractivity contribution < 1.29 is 14.3 Å². The van der Waals surface area contributed by atoms with Crippen LogP contribution in [0.3, 0.4) is 0 Å². The number of methoxy groups -OCH3 is 1. The molecule has 106 valence electrons. The fourth-order valence-corrected chi connectivity index (χ4v) is 3.15. The largest absolute Gasteiger partial charge is 0.495 e. The molecular weight excluding hydrogens is 256 g/mol. The van der Waals surface area contributed by atoms with Gasteiger partial charge in [0.1, 0.15) is 17.8 Å². The van der Waals surface area contributed by atoms with Crippen LogP contribution in [0.15, 0.2) is 24.3 Å². The second kappa shape index (κ2) is 4.81. The molecule has 2 atom stereocenters. The van der Waals surface area contributed by atoms with E-state index in [4.69, 9.17) is 4.74 Å². The zero-order valence-corrected chi connectivity index (χ0v) is 11.7. The number of piperazine rings is 1. The van der Waals surface area contributed by atoms with Crippen molar-refractivity contribution in [3.8, 4) is 5.75 Å². The van der Waals surface area contributed by atoms with Crippen LogP contribution in [0.5, 0.6) is 5.75 Å². The van der Waals surface area contributed by atoms with Crippen LogP contribution in [0, 0.1) is 0 Å². The molecule has 0 aromatic heterocycles. The Bertz CT molecular complexity index is 558. The topological polar surface area (TPSA) is 49.9 Å². The average Bonchev–Trinajstić information content (AvgIpc) is 2.95. The van der Waals surface area contributed by atoms with E-state index < -0.39 is 6.04 Å². The van der Waals surface area contributed by atoms with E-state index in [0.717, 1.165) is 12.8 Å². The highest BCUT2D eigenvalue weighted by molar-refractivity contribution is 6.09. The SMILES string of the molecule is COc1ccccc1N1C(=O)C2CCCN2C(=O)C1C. The van der Waals surface area contributed by atoms with E-state index in [0.29, 0.717) is 18.0 Å². The van der Waals surface area contributed by atoms with Gasteiger partial charge in [-0.05, 0) is 31.9 Å². The van der Waals surface area contributed by atoms with Crippen LogP contribution >= 0.6 is 0 Å². The van der Waals surface area contributed by atoms with Crippen LogP contribution in [0.1, 0.15) is 19.8 Å². The van der Waals surface area contributed by atoms with Crippen LogP contribution in [-0.4, -0.2) is 42.5 Å². The summed E-state index contributed by atoms with van der Waals surface area (Å²) >= 11 is 0.